The zero-order valence-electron chi connectivity index (χ0n) is 11.2. The van der Waals surface area contributed by atoms with Gasteiger partial charge in [0.2, 0.25) is 0 Å². The Balaban J connectivity index is 1.83. The highest BCUT2D eigenvalue weighted by molar-refractivity contribution is 8.00. The Morgan fingerprint density at radius 2 is 2.10 bits per heavy atom. The van der Waals surface area contributed by atoms with Gasteiger partial charge in [-0.15, -0.1) is 10.2 Å². The maximum atomic E-state index is 4.70. The van der Waals surface area contributed by atoms with E-state index in [1.165, 1.54) is 5.52 Å². The van der Waals surface area contributed by atoms with Crippen molar-refractivity contribution >= 4 is 45.9 Å². The first-order valence-electron chi connectivity index (χ1n) is 6.26. The third-order valence-corrected chi connectivity index (χ3v) is 5.95. The third-order valence-electron chi connectivity index (χ3n) is 2.88. The van der Waals surface area contributed by atoms with Gasteiger partial charge in [-0.25, -0.2) is 4.98 Å². The van der Waals surface area contributed by atoms with Crippen molar-refractivity contribution in [3.63, 3.8) is 0 Å². The molecule has 1 aromatic carbocycles. The maximum Gasteiger partial charge on any atom is 0.174 e. The molecule has 0 saturated heterocycles. The van der Waals surface area contributed by atoms with Crippen LogP contribution in [0, 0.1) is 0 Å². The van der Waals surface area contributed by atoms with Crippen LogP contribution in [-0.2, 0) is 12.3 Å². The van der Waals surface area contributed by atoms with Crippen molar-refractivity contribution in [2.24, 2.45) is 0 Å². The molecule has 0 fully saturated rings. The molecule has 4 nitrogen and oxygen atoms in total. The Labute approximate surface area is 130 Å². The molecule has 104 valence electrons. The first-order chi connectivity index (χ1) is 9.81. The van der Waals surface area contributed by atoms with Gasteiger partial charge in [-0.1, -0.05) is 47.0 Å². The Morgan fingerprint density at radius 1 is 1.25 bits per heavy atom. The SMILES string of the molecule is CCn1c(SCc2nnc(SC)s2)nc2ccccc21. The molecule has 0 spiro atoms. The van der Waals surface area contributed by atoms with Crippen molar-refractivity contribution in [3.8, 4) is 0 Å². The predicted octanol–water partition coefficient (Wildman–Crippen LogP) is 3.92. The Morgan fingerprint density at radius 3 is 2.85 bits per heavy atom. The number of benzene rings is 1. The van der Waals surface area contributed by atoms with E-state index in [2.05, 4.69) is 39.9 Å². The number of thioether (sulfide) groups is 2. The zero-order valence-corrected chi connectivity index (χ0v) is 13.7. The van der Waals surface area contributed by atoms with E-state index in [4.69, 9.17) is 4.98 Å². The number of nitrogens with zero attached hydrogens (tertiary/aromatic N) is 4. The summed E-state index contributed by atoms with van der Waals surface area (Å²) in [5, 5.41) is 10.4. The van der Waals surface area contributed by atoms with Crippen LogP contribution in [-0.4, -0.2) is 26.0 Å². The van der Waals surface area contributed by atoms with Gasteiger partial charge < -0.3 is 4.57 Å². The summed E-state index contributed by atoms with van der Waals surface area (Å²) in [6.45, 7) is 3.07. The molecule has 3 aromatic rings. The van der Waals surface area contributed by atoms with Gasteiger partial charge >= 0.3 is 0 Å². The molecule has 2 heterocycles. The lowest BCUT2D eigenvalue weighted by atomic mass is 10.3. The van der Waals surface area contributed by atoms with Gasteiger partial charge in [0.05, 0.1) is 16.8 Å². The molecule has 0 unspecified atom stereocenters. The smallest absolute Gasteiger partial charge is 0.174 e. The van der Waals surface area contributed by atoms with E-state index in [0.29, 0.717) is 0 Å². The zero-order chi connectivity index (χ0) is 13.9. The van der Waals surface area contributed by atoms with Gasteiger partial charge in [-0.2, -0.15) is 0 Å². The molecule has 0 aliphatic heterocycles. The maximum absolute atomic E-state index is 4.70. The second kappa shape index (κ2) is 6.15. The summed E-state index contributed by atoms with van der Waals surface area (Å²) in [6.07, 6.45) is 2.02. The summed E-state index contributed by atoms with van der Waals surface area (Å²) >= 11 is 5.02. The fourth-order valence-electron chi connectivity index (χ4n) is 1.97. The van der Waals surface area contributed by atoms with E-state index in [1.54, 1.807) is 34.9 Å². The highest BCUT2D eigenvalue weighted by Crippen LogP contribution is 2.29. The summed E-state index contributed by atoms with van der Waals surface area (Å²) in [6, 6.07) is 8.26. The molecule has 0 amide bonds. The molecule has 0 radical (unpaired) electrons. The number of rotatable bonds is 5. The lowest BCUT2D eigenvalue weighted by Gasteiger charge is -2.03. The fraction of sp³-hybridized carbons (Fsp3) is 0.308. The fourth-order valence-corrected chi connectivity index (χ4v) is 4.35. The topological polar surface area (TPSA) is 43.6 Å². The standard InChI is InChI=1S/C13H14N4S3/c1-3-17-10-7-5-4-6-9(10)14-12(17)19-8-11-15-16-13(18-2)20-11/h4-7H,3,8H2,1-2H3. The van der Waals surface area contributed by atoms with Crippen LogP contribution in [0.1, 0.15) is 11.9 Å². The molecule has 3 rings (SSSR count). The Kier molecular flexibility index (Phi) is 4.28. The van der Waals surface area contributed by atoms with Crippen LogP contribution < -0.4 is 0 Å². The molecule has 0 saturated carbocycles. The minimum atomic E-state index is 0.821. The van der Waals surface area contributed by atoms with E-state index in [1.807, 2.05) is 12.3 Å². The Bertz CT molecular complexity index is 719. The first-order valence-corrected chi connectivity index (χ1v) is 9.29. The quantitative estimate of drug-likeness (QED) is 0.666. The number of aryl methyl sites for hydroxylation is 1. The van der Waals surface area contributed by atoms with Crippen LogP contribution in [0.4, 0.5) is 0 Å². The summed E-state index contributed by atoms with van der Waals surface area (Å²) in [7, 11) is 0. The molecular formula is C13H14N4S3. The minimum Gasteiger partial charge on any atom is -0.319 e. The van der Waals surface area contributed by atoms with Gasteiger partial charge in [0.1, 0.15) is 5.01 Å². The van der Waals surface area contributed by atoms with Crippen molar-refractivity contribution in [3.05, 3.63) is 29.3 Å². The number of hydrogen-bond donors (Lipinski definition) is 0. The molecule has 7 heteroatoms. The highest BCUT2D eigenvalue weighted by atomic mass is 32.2. The van der Waals surface area contributed by atoms with E-state index < -0.39 is 0 Å². The largest absolute Gasteiger partial charge is 0.319 e. The lowest BCUT2D eigenvalue weighted by molar-refractivity contribution is 0.702. The van der Waals surface area contributed by atoms with Crippen molar-refractivity contribution < 1.29 is 0 Å². The van der Waals surface area contributed by atoms with E-state index in [9.17, 15) is 0 Å². The van der Waals surface area contributed by atoms with Crippen LogP contribution in [0.5, 0.6) is 0 Å². The van der Waals surface area contributed by atoms with E-state index in [0.717, 1.165) is 32.3 Å². The normalized spacial score (nSPS) is 11.3. The van der Waals surface area contributed by atoms with Gasteiger partial charge in [0.15, 0.2) is 9.50 Å². The summed E-state index contributed by atoms with van der Waals surface area (Å²) in [4.78, 5) is 4.70. The van der Waals surface area contributed by atoms with E-state index in [-0.39, 0.29) is 0 Å². The van der Waals surface area contributed by atoms with Crippen molar-refractivity contribution in [1.82, 2.24) is 19.7 Å². The van der Waals surface area contributed by atoms with Crippen LogP contribution in [0.3, 0.4) is 0 Å². The molecule has 0 N–H and O–H groups in total. The van der Waals surface area contributed by atoms with Gasteiger partial charge in [0, 0.05) is 6.54 Å². The summed E-state index contributed by atoms with van der Waals surface area (Å²) in [5.41, 5.74) is 2.25. The monoisotopic (exact) mass is 322 g/mol. The molecule has 0 aliphatic rings. The summed E-state index contributed by atoms with van der Waals surface area (Å²) in [5.74, 6) is 0.821. The van der Waals surface area contributed by atoms with Gasteiger partial charge in [-0.05, 0) is 25.3 Å². The van der Waals surface area contributed by atoms with Gasteiger partial charge in [0.25, 0.3) is 0 Å². The first kappa shape index (κ1) is 13.9. The molecule has 0 aliphatic carbocycles. The van der Waals surface area contributed by atoms with Crippen LogP contribution in [0.15, 0.2) is 33.8 Å². The average Bonchev–Trinajstić information content (AvgIpc) is 3.08. The lowest BCUT2D eigenvalue weighted by Crippen LogP contribution is -1.96. The molecular weight excluding hydrogens is 308 g/mol. The minimum absolute atomic E-state index is 0.821. The predicted molar refractivity (Wildman–Crippen MR) is 86.7 cm³/mol. The highest BCUT2D eigenvalue weighted by Gasteiger charge is 2.11. The summed E-state index contributed by atoms with van der Waals surface area (Å²) < 4.78 is 3.26. The van der Waals surface area contributed by atoms with E-state index >= 15 is 0 Å². The van der Waals surface area contributed by atoms with Crippen molar-refractivity contribution in [1.29, 1.82) is 0 Å². The Hall–Kier alpha value is -1.05. The number of imidazole rings is 1. The number of fused-ring (bicyclic) bond motifs is 1. The average molecular weight is 322 g/mol. The second-order valence-corrected chi connectivity index (χ2v) is 7.14. The van der Waals surface area contributed by atoms with Crippen LogP contribution >= 0.6 is 34.9 Å². The van der Waals surface area contributed by atoms with Crippen molar-refractivity contribution in [2.45, 2.75) is 28.7 Å². The second-order valence-electron chi connectivity index (χ2n) is 4.08. The molecule has 0 atom stereocenters. The number of aromatic nitrogens is 4. The third kappa shape index (κ3) is 2.70. The molecule has 20 heavy (non-hydrogen) atoms. The van der Waals surface area contributed by atoms with Crippen LogP contribution in [0.2, 0.25) is 0 Å². The molecule has 0 bridgehead atoms. The number of hydrogen-bond acceptors (Lipinski definition) is 6. The molecule has 2 aromatic heterocycles. The number of para-hydroxylation sites is 2. The van der Waals surface area contributed by atoms with Crippen LogP contribution in [0.25, 0.3) is 11.0 Å². The van der Waals surface area contributed by atoms with Gasteiger partial charge in [-0.3, -0.25) is 0 Å². The van der Waals surface area contributed by atoms with Crippen molar-refractivity contribution in [2.75, 3.05) is 6.26 Å².